The first-order valence-corrected chi connectivity index (χ1v) is 4.80. The van der Waals surface area contributed by atoms with Gasteiger partial charge in [-0.3, -0.25) is 14.4 Å². The zero-order valence-corrected chi connectivity index (χ0v) is 9.48. The van der Waals surface area contributed by atoms with Gasteiger partial charge in [-0.1, -0.05) is 0 Å². The summed E-state index contributed by atoms with van der Waals surface area (Å²) in [5, 5.41) is 12.2. The first kappa shape index (κ1) is 14.9. The van der Waals surface area contributed by atoms with Crippen LogP contribution in [0, 0.1) is 0 Å². The molecule has 3 N–H and O–H groups in total. The number of nitrogens with one attached hydrogen (secondary N) is 2. The first-order chi connectivity index (χ1) is 7.82. The van der Waals surface area contributed by atoms with E-state index in [1.54, 1.807) is 13.8 Å². The van der Waals surface area contributed by atoms with Gasteiger partial charge in [0.15, 0.2) is 0 Å². The minimum absolute atomic E-state index is 0.286. The van der Waals surface area contributed by atoms with Gasteiger partial charge in [0.2, 0.25) is 5.91 Å². The minimum atomic E-state index is -1.68. The number of aliphatic carboxylic acids is 1. The Balaban J connectivity index is 3.77. The Morgan fingerprint density at radius 2 is 1.71 bits per heavy atom. The lowest BCUT2D eigenvalue weighted by Gasteiger charge is -2.08. The highest BCUT2D eigenvalue weighted by atomic mass is 16.5. The lowest BCUT2D eigenvalue weighted by atomic mass is 10.4. The van der Waals surface area contributed by atoms with E-state index in [-0.39, 0.29) is 12.6 Å². The molecule has 0 unspecified atom stereocenters. The van der Waals surface area contributed by atoms with Crippen molar-refractivity contribution in [2.45, 2.75) is 20.0 Å². The molecule has 0 rings (SSSR count). The van der Waals surface area contributed by atoms with Crippen molar-refractivity contribution >= 4 is 23.8 Å². The van der Waals surface area contributed by atoms with E-state index < -0.39 is 30.3 Å². The molecule has 0 aliphatic rings. The molecule has 0 aliphatic carbocycles. The van der Waals surface area contributed by atoms with Crippen molar-refractivity contribution in [2.24, 2.45) is 0 Å². The summed E-state index contributed by atoms with van der Waals surface area (Å²) in [4.78, 5) is 42.6. The number of carboxylic acids is 1. The summed E-state index contributed by atoms with van der Waals surface area (Å²) < 4.78 is 4.73. The van der Waals surface area contributed by atoms with Gasteiger partial charge in [-0.05, 0) is 13.8 Å². The van der Waals surface area contributed by atoms with E-state index in [0.29, 0.717) is 0 Å². The molecule has 0 aromatic heterocycles. The van der Waals surface area contributed by atoms with Crippen LogP contribution in [0.5, 0.6) is 0 Å². The molecule has 8 nitrogen and oxygen atoms in total. The van der Waals surface area contributed by atoms with Crippen LogP contribution >= 0.6 is 0 Å². The molecule has 17 heavy (non-hydrogen) atoms. The average molecular weight is 246 g/mol. The van der Waals surface area contributed by atoms with Gasteiger partial charge < -0.3 is 20.5 Å². The molecular weight excluding hydrogens is 232 g/mol. The molecular formula is C9H14N2O6. The third kappa shape index (κ3) is 7.77. The molecule has 96 valence electrons. The monoisotopic (exact) mass is 246 g/mol. The van der Waals surface area contributed by atoms with E-state index in [1.807, 2.05) is 5.32 Å². The first-order valence-electron chi connectivity index (χ1n) is 4.80. The molecule has 0 spiro atoms. The van der Waals surface area contributed by atoms with Crippen molar-refractivity contribution in [2.75, 3.05) is 13.1 Å². The van der Waals surface area contributed by atoms with Gasteiger partial charge in [0.05, 0.1) is 12.6 Å². The Morgan fingerprint density at radius 3 is 2.18 bits per heavy atom. The third-order valence-electron chi connectivity index (χ3n) is 1.40. The highest BCUT2D eigenvalue weighted by molar-refractivity contribution is 6.31. The molecule has 0 radical (unpaired) electrons. The second kappa shape index (κ2) is 7.20. The molecule has 0 bridgehead atoms. The number of hydrogen-bond donors (Lipinski definition) is 3. The Hall–Kier alpha value is -2.12. The van der Waals surface area contributed by atoms with Gasteiger partial charge in [-0.25, -0.2) is 4.79 Å². The zero-order chi connectivity index (χ0) is 13.4. The Morgan fingerprint density at radius 1 is 1.12 bits per heavy atom. The second-order valence-electron chi connectivity index (χ2n) is 3.30. The van der Waals surface area contributed by atoms with Gasteiger partial charge in [0, 0.05) is 0 Å². The topological polar surface area (TPSA) is 122 Å². The fourth-order valence-corrected chi connectivity index (χ4v) is 0.774. The number of carbonyl (C=O) groups is 4. The highest BCUT2D eigenvalue weighted by Gasteiger charge is 2.13. The molecule has 0 heterocycles. The van der Waals surface area contributed by atoms with E-state index in [2.05, 4.69) is 5.32 Å². The fourth-order valence-electron chi connectivity index (χ4n) is 0.774. The quantitative estimate of drug-likeness (QED) is 0.391. The van der Waals surface area contributed by atoms with Crippen LogP contribution in [0.3, 0.4) is 0 Å². The van der Waals surface area contributed by atoms with Crippen LogP contribution in [0.4, 0.5) is 0 Å². The summed E-state index contributed by atoms with van der Waals surface area (Å²) in [6.07, 6.45) is -0.286. The predicted octanol–water partition coefficient (Wildman–Crippen LogP) is -1.74. The van der Waals surface area contributed by atoms with E-state index in [1.165, 1.54) is 0 Å². The van der Waals surface area contributed by atoms with Crippen molar-refractivity contribution in [1.29, 1.82) is 0 Å². The SMILES string of the molecule is CC(C)OC(=O)CNC(=O)CNC(=O)C(=O)O. The minimum Gasteiger partial charge on any atom is -0.474 e. The van der Waals surface area contributed by atoms with Crippen molar-refractivity contribution < 1.29 is 29.0 Å². The summed E-state index contributed by atoms with van der Waals surface area (Å²) in [6.45, 7) is 2.47. The van der Waals surface area contributed by atoms with E-state index in [4.69, 9.17) is 9.84 Å². The zero-order valence-electron chi connectivity index (χ0n) is 9.48. The molecule has 0 fully saturated rings. The molecule has 8 heteroatoms. The van der Waals surface area contributed by atoms with Crippen molar-refractivity contribution in [3.63, 3.8) is 0 Å². The second-order valence-corrected chi connectivity index (χ2v) is 3.30. The van der Waals surface area contributed by atoms with Gasteiger partial charge in [-0.2, -0.15) is 0 Å². The van der Waals surface area contributed by atoms with E-state index >= 15 is 0 Å². The normalized spacial score (nSPS) is 9.59. The summed E-state index contributed by atoms with van der Waals surface area (Å²) >= 11 is 0. The summed E-state index contributed by atoms with van der Waals surface area (Å²) in [5.74, 6) is -4.26. The number of hydrogen-bond acceptors (Lipinski definition) is 5. The fraction of sp³-hybridized carbons (Fsp3) is 0.556. The van der Waals surface area contributed by atoms with Crippen LogP contribution in [0.25, 0.3) is 0 Å². The van der Waals surface area contributed by atoms with Crippen molar-refractivity contribution in [3.8, 4) is 0 Å². The third-order valence-corrected chi connectivity index (χ3v) is 1.40. The van der Waals surface area contributed by atoms with Crippen molar-refractivity contribution in [1.82, 2.24) is 10.6 Å². The standard InChI is InChI=1S/C9H14N2O6/c1-5(2)17-7(13)4-10-6(12)3-11-8(14)9(15)16/h5H,3-4H2,1-2H3,(H,10,12)(H,11,14)(H,15,16). The van der Waals surface area contributed by atoms with E-state index in [9.17, 15) is 19.2 Å². The Kier molecular flexibility index (Phi) is 6.30. The number of amides is 2. The predicted molar refractivity (Wildman–Crippen MR) is 54.9 cm³/mol. The van der Waals surface area contributed by atoms with Gasteiger partial charge >= 0.3 is 17.8 Å². The van der Waals surface area contributed by atoms with Gasteiger partial charge in [0.1, 0.15) is 6.54 Å². The molecule has 0 saturated carbocycles. The molecule has 0 aromatic carbocycles. The maximum atomic E-state index is 11.0. The van der Waals surface area contributed by atoms with Crippen LogP contribution in [0.2, 0.25) is 0 Å². The van der Waals surface area contributed by atoms with Crippen LogP contribution in [-0.4, -0.2) is 48.1 Å². The van der Waals surface area contributed by atoms with Crippen LogP contribution in [-0.2, 0) is 23.9 Å². The van der Waals surface area contributed by atoms with Gasteiger partial charge in [-0.15, -0.1) is 0 Å². The van der Waals surface area contributed by atoms with E-state index in [0.717, 1.165) is 0 Å². The summed E-state index contributed by atoms with van der Waals surface area (Å²) in [6, 6.07) is 0. The average Bonchev–Trinajstić information content (AvgIpc) is 2.21. The van der Waals surface area contributed by atoms with Crippen LogP contribution in [0.15, 0.2) is 0 Å². The number of carbonyl (C=O) groups excluding carboxylic acids is 3. The van der Waals surface area contributed by atoms with Crippen LogP contribution in [0.1, 0.15) is 13.8 Å². The smallest absolute Gasteiger partial charge is 0.394 e. The number of ether oxygens (including phenoxy) is 1. The maximum Gasteiger partial charge on any atom is 0.394 e. The number of esters is 1. The molecule has 0 aliphatic heterocycles. The van der Waals surface area contributed by atoms with Gasteiger partial charge in [0.25, 0.3) is 0 Å². The molecule has 0 atom stereocenters. The van der Waals surface area contributed by atoms with Crippen LogP contribution < -0.4 is 10.6 Å². The summed E-state index contributed by atoms with van der Waals surface area (Å²) in [7, 11) is 0. The lowest BCUT2D eigenvalue weighted by molar-refractivity contribution is -0.150. The maximum absolute atomic E-state index is 11.0. The largest absolute Gasteiger partial charge is 0.474 e. The highest BCUT2D eigenvalue weighted by Crippen LogP contribution is 1.87. The number of carboxylic acid groups (broad SMARTS) is 1. The lowest BCUT2D eigenvalue weighted by Crippen LogP contribution is -2.41. The molecule has 0 saturated heterocycles. The molecule has 2 amide bonds. The Labute approximate surface area is 97.3 Å². The molecule has 0 aromatic rings. The number of rotatable bonds is 5. The van der Waals surface area contributed by atoms with Crippen molar-refractivity contribution in [3.05, 3.63) is 0 Å². The Bertz CT molecular complexity index is 325. The summed E-state index contributed by atoms with van der Waals surface area (Å²) in [5.41, 5.74) is 0.